The van der Waals surface area contributed by atoms with E-state index >= 15 is 0 Å². The predicted molar refractivity (Wildman–Crippen MR) is 30.7 cm³/mol. The quantitative estimate of drug-likeness (QED) is 0.333. The van der Waals surface area contributed by atoms with Crippen molar-refractivity contribution in [3.8, 4) is 0 Å². The highest BCUT2D eigenvalue weighted by Crippen LogP contribution is 1.69. The van der Waals surface area contributed by atoms with Crippen LogP contribution in [-0.4, -0.2) is 19.1 Å². The highest BCUT2D eigenvalue weighted by atomic mass is 16.6. The Balaban J connectivity index is 3.26. The molecule has 0 fully saturated rings. The van der Waals surface area contributed by atoms with Gasteiger partial charge in [-0.1, -0.05) is 6.08 Å². The molecule has 0 unspecified atom stereocenters. The van der Waals surface area contributed by atoms with Crippen molar-refractivity contribution in [3.05, 3.63) is 12.7 Å². The molecule has 0 rings (SSSR count). The lowest BCUT2D eigenvalue weighted by Gasteiger charge is -1.94. The van der Waals surface area contributed by atoms with Gasteiger partial charge in [-0.25, -0.2) is 4.79 Å². The zero-order chi connectivity index (χ0) is 7.11. The van der Waals surface area contributed by atoms with Crippen LogP contribution in [0.3, 0.4) is 0 Å². The van der Waals surface area contributed by atoms with Crippen LogP contribution in [-0.2, 0) is 9.53 Å². The van der Waals surface area contributed by atoms with E-state index in [1.54, 1.807) is 0 Å². The number of hydrogen-bond donors (Lipinski definition) is 1. The molecule has 0 aromatic rings. The molecular formula is C5H7NO3. The molecule has 4 nitrogen and oxygen atoms in total. The molecular weight excluding hydrogens is 122 g/mol. The fraction of sp³-hybridized carbons (Fsp3) is 0.200. The summed E-state index contributed by atoms with van der Waals surface area (Å²) < 4.78 is 3.87. The SMILES string of the molecule is C=CCNC(=O)OC=O. The standard InChI is InChI=1S/C5H7NO3/c1-2-3-6-5(8)9-4-7/h2,4H,1,3H2,(H,6,8). The molecule has 0 bridgehead atoms. The minimum Gasteiger partial charge on any atom is -0.379 e. The molecule has 0 aromatic heterocycles. The molecule has 1 amide bonds. The maximum Gasteiger partial charge on any atom is 0.414 e. The van der Waals surface area contributed by atoms with Gasteiger partial charge >= 0.3 is 12.6 Å². The Morgan fingerprint density at radius 2 is 2.44 bits per heavy atom. The Kier molecular flexibility index (Phi) is 4.12. The van der Waals surface area contributed by atoms with Crippen LogP contribution in [0.5, 0.6) is 0 Å². The molecule has 0 atom stereocenters. The molecule has 0 radical (unpaired) electrons. The molecule has 0 aliphatic rings. The van der Waals surface area contributed by atoms with E-state index in [9.17, 15) is 9.59 Å². The van der Waals surface area contributed by atoms with Crippen LogP contribution in [0.15, 0.2) is 12.7 Å². The molecule has 0 aliphatic heterocycles. The zero-order valence-electron chi connectivity index (χ0n) is 4.79. The summed E-state index contributed by atoms with van der Waals surface area (Å²) >= 11 is 0. The van der Waals surface area contributed by atoms with Crippen molar-refractivity contribution in [1.29, 1.82) is 0 Å². The molecule has 50 valence electrons. The normalized spacial score (nSPS) is 7.56. The number of carbonyl (C=O) groups is 2. The first-order valence-corrected chi connectivity index (χ1v) is 2.30. The number of hydrogen-bond acceptors (Lipinski definition) is 3. The summed E-state index contributed by atoms with van der Waals surface area (Å²) in [6.07, 6.45) is 0.719. The van der Waals surface area contributed by atoms with E-state index in [4.69, 9.17) is 0 Å². The van der Waals surface area contributed by atoms with Crippen LogP contribution in [0.1, 0.15) is 0 Å². The van der Waals surface area contributed by atoms with E-state index in [1.165, 1.54) is 6.08 Å². The van der Waals surface area contributed by atoms with Crippen molar-refractivity contribution in [1.82, 2.24) is 5.32 Å². The molecule has 0 saturated carbocycles. The van der Waals surface area contributed by atoms with Gasteiger partial charge in [0.25, 0.3) is 0 Å². The summed E-state index contributed by atoms with van der Waals surface area (Å²) in [6.45, 7) is 3.70. The average Bonchev–Trinajstić information content (AvgIpc) is 1.85. The van der Waals surface area contributed by atoms with Crippen molar-refractivity contribution >= 4 is 12.6 Å². The van der Waals surface area contributed by atoms with Gasteiger partial charge in [0.05, 0.1) is 0 Å². The van der Waals surface area contributed by atoms with E-state index in [0.717, 1.165) is 0 Å². The van der Waals surface area contributed by atoms with Crippen molar-refractivity contribution in [3.63, 3.8) is 0 Å². The van der Waals surface area contributed by atoms with Crippen LogP contribution in [0.4, 0.5) is 4.79 Å². The maximum absolute atomic E-state index is 10.2. The molecule has 0 heterocycles. The summed E-state index contributed by atoms with van der Waals surface area (Å²) in [5.41, 5.74) is 0. The smallest absolute Gasteiger partial charge is 0.379 e. The third-order valence-electron chi connectivity index (χ3n) is 0.546. The Bertz CT molecular complexity index is 121. The minimum atomic E-state index is -0.759. The van der Waals surface area contributed by atoms with Gasteiger partial charge in [-0.15, -0.1) is 6.58 Å². The summed E-state index contributed by atoms with van der Waals surface area (Å²) in [5, 5.41) is 2.22. The Hall–Kier alpha value is -1.32. The summed E-state index contributed by atoms with van der Waals surface area (Å²) in [5.74, 6) is 0. The summed E-state index contributed by atoms with van der Waals surface area (Å²) in [7, 11) is 0. The number of carbonyl (C=O) groups excluding carboxylic acids is 2. The van der Waals surface area contributed by atoms with Gasteiger partial charge < -0.3 is 10.1 Å². The molecule has 0 aliphatic carbocycles. The van der Waals surface area contributed by atoms with E-state index < -0.39 is 6.09 Å². The van der Waals surface area contributed by atoms with E-state index in [0.29, 0.717) is 6.54 Å². The number of nitrogens with one attached hydrogen (secondary N) is 1. The third kappa shape index (κ3) is 4.53. The number of amides is 1. The van der Waals surface area contributed by atoms with Crippen LogP contribution in [0.2, 0.25) is 0 Å². The molecule has 1 N–H and O–H groups in total. The first kappa shape index (κ1) is 7.68. The first-order valence-electron chi connectivity index (χ1n) is 2.30. The Labute approximate surface area is 52.5 Å². The fourth-order valence-electron chi connectivity index (χ4n) is 0.241. The van der Waals surface area contributed by atoms with E-state index in [1.807, 2.05) is 0 Å². The molecule has 9 heavy (non-hydrogen) atoms. The van der Waals surface area contributed by atoms with Gasteiger partial charge in [0, 0.05) is 6.54 Å². The van der Waals surface area contributed by atoms with E-state index in [-0.39, 0.29) is 6.47 Å². The van der Waals surface area contributed by atoms with Crippen molar-refractivity contribution < 1.29 is 14.3 Å². The van der Waals surface area contributed by atoms with Gasteiger partial charge in [0.2, 0.25) is 0 Å². The van der Waals surface area contributed by atoms with Crippen molar-refractivity contribution in [2.45, 2.75) is 0 Å². The highest BCUT2D eigenvalue weighted by molar-refractivity contribution is 5.74. The third-order valence-corrected chi connectivity index (χ3v) is 0.546. The predicted octanol–water partition coefficient (Wildman–Crippen LogP) is 0.0550. The maximum atomic E-state index is 10.2. The highest BCUT2D eigenvalue weighted by Gasteiger charge is 1.94. The zero-order valence-corrected chi connectivity index (χ0v) is 4.79. The van der Waals surface area contributed by atoms with Crippen molar-refractivity contribution in [2.24, 2.45) is 0 Å². The Morgan fingerprint density at radius 3 is 2.89 bits per heavy atom. The topological polar surface area (TPSA) is 55.4 Å². The van der Waals surface area contributed by atoms with Crippen molar-refractivity contribution in [2.75, 3.05) is 6.54 Å². The van der Waals surface area contributed by atoms with Gasteiger partial charge in [-0.3, -0.25) is 4.79 Å². The molecule has 0 spiro atoms. The van der Waals surface area contributed by atoms with Gasteiger partial charge in [0.1, 0.15) is 0 Å². The lowest BCUT2D eigenvalue weighted by atomic mass is 10.6. The second-order valence-electron chi connectivity index (χ2n) is 1.17. The molecule has 0 aromatic carbocycles. The second-order valence-corrected chi connectivity index (χ2v) is 1.17. The van der Waals surface area contributed by atoms with Gasteiger partial charge in [0.15, 0.2) is 0 Å². The lowest BCUT2D eigenvalue weighted by molar-refractivity contribution is -0.123. The summed E-state index contributed by atoms with van der Waals surface area (Å²) in [4.78, 5) is 19.7. The average molecular weight is 129 g/mol. The van der Waals surface area contributed by atoms with Crippen LogP contribution >= 0.6 is 0 Å². The Morgan fingerprint density at radius 1 is 1.78 bits per heavy atom. The molecule has 0 saturated heterocycles. The van der Waals surface area contributed by atoms with Gasteiger partial charge in [-0.05, 0) is 0 Å². The number of ether oxygens (including phenoxy) is 1. The summed E-state index contributed by atoms with van der Waals surface area (Å²) in [6, 6.07) is 0. The fourth-order valence-corrected chi connectivity index (χ4v) is 0.241. The largest absolute Gasteiger partial charge is 0.414 e. The first-order chi connectivity index (χ1) is 4.31. The lowest BCUT2D eigenvalue weighted by Crippen LogP contribution is -2.23. The second kappa shape index (κ2) is 4.83. The number of rotatable bonds is 3. The van der Waals surface area contributed by atoms with Crippen LogP contribution in [0.25, 0.3) is 0 Å². The van der Waals surface area contributed by atoms with Crippen LogP contribution < -0.4 is 5.32 Å². The van der Waals surface area contributed by atoms with Gasteiger partial charge in [-0.2, -0.15) is 0 Å². The molecule has 4 heteroatoms. The monoisotopic (exact) mass is 129 g/mol. The van der Waals surface area contributed by atoms with Crippen LogP contribution in [0, 0.1) is 0 Å². The van der Waals surface area contributed by atoms with E-state index in [2.05, 4.69) is 16.6 Å². The number of alkyl carbamates (subject to hydrolysis) is 1. The minimum absolute atomic E-state index is 0.0679.